The van der Waals surface area contributed by atoms with Crippen molar-refractivity contribution in [2.75, 3.05) is 0 Å². The molecule has 0 radical (unpaired) electrons. The number of hydrogen-bond donors (Lipinski definition) is 0. The van der Waals surface area contributed by atoms with Crippen molar-refractivity contribution in [1.29, 1.82) is 0 Å². The number of rotatable bonds is 1. The SMILES string of the molecule is O=C1c2ccccc2C(=O)N1C1(F)CCC1F. The second kappa shape index (κ2) is 3.12. The minimum Gasteiger partial charge on any atom is -0.268 e. The summed E-state index contributed by atoms with van der Waals surface area (Å²) < 4.78 is 27.4. The van der Waals surface area contributed by atoms with Crippen LogP contribution in [0.15, 0.2) is 24.3 Å². The summed E-state index contributed by atoms with van der Waals surface area (Å²) in [5.41, 5.74) is 0.294. The monoisotopic (exact) mass is 237 g/mol. The molecule has 3 rings (SSSR count). The van der Waals surface area contributed by atoms with E-state index in [1.165, 1.54) is 12.1 Å². The van der Waals surface area contributed by atoms with Crippen molar-refractivity contribution < 1.29 is 18.4 Å². The molecular weight excluding hydrogens is 228 g/mol. The minimum atomic E-state index is -2.45. The third kappa shape index (κ3) is 1.14. The topological polar surface area (TPSA) is 37.4 Å². The van der Waals surface area contributed by atoms with Crippen LogP contribution in [0.5, 0.6) is 0 Å². The lowest BCUT2D eigenvalue weighted by Gasteiger charge is -2.42. The first-order valence-corrected chi connectivity index (χ1v) is 5.36. The van der Waals surface area contributed by atoms with Crippen molar-refractivity contribution in [3.05, 3.63) is 35.4 Å². The van der Waals surface area contributed by atoms with Crippen molar-refractivity contribution in [2.24, 2.45) is 0 Å². The van der Waals surface area contributed by atoms with E-state index in [0.29, 0.717) is 4.90 Å². The van der Waals surface area contributed by atoms with E-state index in [0.717, 1.165) is 0 Å². The number of carbonyl (C=O) groups excluding carboxylic acids is 2. The maximum absolute atomic E-state index is 14.2. The number of fused-ring (bicyclic) bond motifs is 1. The fourth-order valence-electron chi connectivity index (χ4n) is 2.27. The molecule has 0 aromatic heterocycles. The number of halogens is 2. The van der Waals surface area contributed by atoms with E-state index >= 15 is 0 Å². The van der Waals surface area contributed by atoms with Crippen LogP contribution < -0.4 is 0 Å². The summed E-state index contributed by atoms with van der Waals surface area (Å²) in [7, 11) is 0. The molecule has 1 aromatic carbocycles. The smallest absolute Gasteiger partial charge is 0.264 e. The molecule has 0 bridgehead atoms. The highest BCUT2D eigenvalue weighted by atomic mass is 19.2. The lowest BCUT2D eigenvalue weighted by atomic mass is 9.86. The molecule has 2 atom stereocenters. The fourth-order valence-corrected chi connectivity index (χ4v) is 2.27. The highest BCUT2D eigenvalue weighted by molar-refractivity contribution is 6.21. The first-order chi connectivity index (χ1) is 8.05. The van der Waals surface area contributed by atoms with Crippen molar-refractivity contribution in [1.82, 2.24) is 4.90 Å². The molecule has 1 aliphatic carbocycles. The third-order valence-electron chi connectivity index (χ3n) is 3.39. The van der Waals surface area contributed by atoms with Gasteiger partial charge in [-0.3, -0.25) is 9.59 Å². The maximum Gasteiger partial charge on any atom is 0.264 e. The Kier molecular flexibility index (Phi) is 1.91. The summed E-state index contributed by atoms with van der Waals surface area (Å²) in [6, 6.07) is 6.08. The zero-order valence-electron chi connectivity index (χ0n) is 8.82. The van der Waals surface area contributed by atoms with Crippen molar-refractivity contribution in [2.45, 2.75) is 24.8 Å². The molecule has 1 heterocycles. The fraction of sp³-hybridized carbons (Fsp3) is 0.333. The van der Waals surface area contributed by atoms with Crippen LogP contribution >= 0.6 is 0 Å². The Morgan fingerprint density at radius 1 is 1.18 bits per heavy atom. The van der Waals surface area contributed by atoms with E-state index in [9.17, 15) is 18.4 Å². The van der Waals surface area contributed by atoms with Gasteiger partial charge in [0.1, 0.15) is 0 Å². The predicted molar refractivity (Wildman–Crippen MR) is 54.9 cm³/mol. The van der Waals surface area contributed by atoms with Gasteiger partial charge >= 0.3 is 0 Å². The Bertz CT molecular complexity index is 496. The van der Waals surface area contributed by atoms with E-state index in [1.54, 1.807) is 12.1 Å². The van der Waals surface area contributed by atoms with Gasteiger partial charge in [-0.1, -0.05) is 12.1 Å². The summed E-state index contributed by atoms with van der Waals surface area (Å²) in [5, 5.41) is 0. The number of imide groups is 1. The molecule has 1 aliphatic heterocycles. The van der Waals surface area contributed by atoms with Crippen LogP contribution in [0.2, 0.25) is 0 Å². The van der Waals surface area contributed by atoms with Crippen LogP contribution in [0.4, 0.5) is 8.78 Å². The number of benzene rings is 1. The van der Waals surface area contributed by atoms with Crippen molar-refractivity contribution in [3.8, 4) is 0 Å². The van der Waals surface area contributed by atoms with Gasteiger partial charge in [0.25, 0.3) is 11.8 Å². The van der Waals surface area contributed by atoms with Crippen LogP contribution in [0.1, 0.15) is 33.6 Å². The summed E-state index contributed by atoms with van der Waals surface area (Å²) in [6.07, 6.45) is -1.85. The Morgan fingerprint density at radius 3 is 2.06 bits per heavy atom. The van der Waals surface area contributed by atoms with Gasteiger partial charge in [0.15, 0.2) is 6.17 Å². The Hall–Kier alpha value is -1.78. The molecule has 3 nitrogen and oxygen atoms in total. The molecule has 1 aromatic rings. The number of nitrogens with zero attached hydrogens (tertiary/aromatic N) is 1. The van der Waals surface area contributed by atoms with Gasteiger partial charge < -0.3 is 0 Å². The van der Waals surface area contributed by atoms with E-state index < -0.39 is 23.8 Å². The lowest BCUT2D eigenvalue weighted by molar-refractivity contribution is -0.118. The second-order valence-corrected chi connectivity index (χ2v) is 4.32. The minimum absolute atomic E-state index is 0.0455. The molecule has 1 saturated carbocycles. The van der Waals surface area contributed by atoms with Gasteiger partial charge in [0.05, 0.1) is 11.1 Å². The van der Waals surface area contributed by atoms with E-state index in [4.69, 9.17) is 0 Å². The molecule has 2 unspecified atom stereocenters. The highest BCUT2D eigenvalue weighted by Gasteiger charge is 2.59. The van der Waals surface area contributed by atoms with Crippen LogP contribution in [0, 0.1) is 0 Å². The van der Waals surface area contributed by atoms with Crippen molar-refractivity contribution >= 4 is 11.8 Å². The van der Waals surface area contributed by atoms with Gasteiger partial charge in [-0.2, -0.15) is 0 Å². The maximum atomic E-state index is 14.2. The molecule has 5 heteroatoms. The predicted octanol–water partition coefficient (Wildman–Crippen LogP) is 2.08. The average Bonchev–Trinajstić information content (AvgIpc) is 2.60. The zero-order chi connectivity index (χ0) is 12.2. The van der Waals surface area contributed by atoms with Crippen LogP contribution in [0.25, 0.3) is 0 Å². The molecule has 2 aliphatic rings. The van der Waals surface area contributed by atoms with Gasteiger partial charge in [0, 0.05) is 6.42 Å². The van der Waals surface area contributed by atoms with Gasteiger partial charge in [-0.15, -0.1) is 0 Å². The van der Waals surface area contributed by atoms with Crippen LogP contribution in [-0.4, -0.2) is 28.7 Å². The normalized spacial score (nSPS) is 31.4. The Morgan fingerprint density at radius 2 is 1.71 bits per heavy atom. The molecule has 0 spiro atoms. The lowest BCUT2D eigenvalue weighted by Crippen LogP contribution is -2.60. The Labute approximate surface area is 96.0 Å². The number of carbonyl (C=O) groups is 2. The summed E-state index contributed by atoms with van der Waals surface area (Å²) in [6.45, 7) is 0. The highest BCUT2D eigenvalue weighted by Crippen LogP contribution is 2.45. The standard InChI is InChI=1S/C12H9F2NO2/c13-9-5-6-12(9,14)15-10(16)7-3-1-2-4-8(7)11(15)17/h1-4,9H,5-6H2. The van der Waals surface area contributed by atoms with Gasteiger partial charge in [0.2, 0.25) is 5.79 Å². The van der Waals surface area contributed by atoms with Crippen molar-refractivity contribution in [3.63, 3.8) is 0 Å². The third-order valence-corrected chi connectivity index (χ3v) is 3.39. The first-order valence-electron chi connectivity index (χ1n) is 5.36. The summed E-state index contributed by atoms with van der Waals surface area (Å²) in [4.78, 5) is 24.2. The summed E-state index contributed by atoms with van der Waals surface area (Å²) in [5.74, 6) is -3.93. The van der Waals surface area contributed by atoms with Crippen LogP contribution in [0.3, 0.4) is 0 Å². The molecule has 17 heavy (non-hydrogen) atoms. The molecule has 1 fully saturated rings. The van der Waals surface area contributed by atoms with Gasteiger partial charge in [-0.25, -0.2) is 13.7 Å². The van der Waals surface area contributed by atoms with Crippen LogP contribution in [-0.2, 0) is 0 Å². The number of hydrogen-bond acceptors (Lipinski definition) is 2. The number of alkyl halides is 2. The summed E-state index contributed by atoms with van der Waals surface area (Å²) >= 11 is 0. The molecular formula is C12H9F2NO2. The van der Waals surface area contributed by atoms with E-state index in [1.807, 2.05) is 0 Å². The molecule has 2 amide bonds. The zero-order valence-corrected chi connectivity index (χ0v) is 8.82. The van der Waals surface area contributed by atoms with E-state index in [2.05, 4.69) is 0 Å². The molecule has 0 N–H and O–H groups in total. The second-order valence-electron chi connectivity index (χ2n) is 4.32. The molecule has 88 valence electrons. The largest absolute Gasteiger partial charge is 0.268 e. The molecule has 0 saturated heterocycles. The average molecular weight is 237 g/mol. The quantitative estimate of drug-likeness (QED) is 0.554. The van der Waals surface area contributed by atoms with E-state index in [-0.39, 0.29) is 24.0 Å². The van der Waals surface area contributed by atoms with Gasteiger partial charge in [-0.05, 0) is 18.6 Å². The Balaban J connectivity index is 2.07. The number of amides is 2. The first kappa shape index (κ1) is 10.4.